The first kappa shape index (κ1) is 13.1. The summed E-state index contributed by atoms with van der Waals surface area (Å²) < 4.78 is 0. The van der Waals surface area contributed by atoms with Gasteiger partial charge in [-0.15, -0.1) is 0 Å². The SMILES string of the molecule is CN(Cc1ccncc1)c1nc(C2CC2)c(C(=O)O)s1. The average Bonchev–Trinajstić information content (AvgIpc) is 3.18. The third-order valence-corrected chi connectivity index (χ3v) is 4.47. The van der Waals surface area contributed by atoms with Gasteiger partial charge < -0.3 is 10.0 Å². The zero-order valence-electron chi connectivity index (χ0n) is 11.1. The first-order valence-electron chi connectivity index (χ1n) is 6.49. The molecule has 0 bridgehead atoms. The Kier molecular flexibility index (Phi) is 3.40. The van der Waals surface area contributed by atoms with E-state index in [1.54, 1.807) is 12.4 Å². The summed E-state index contributed by atoms with van der Waals surface area (Å²) in [7, 11) is 1.93. The molecule has 1 saturated carbocycles. The number of rotatable bonds is 5. The number of hydrogen-bond donors (Lipinski definition) is 1. The van der Waals surface area contributed by atoms with Crippen LogP contribution in [0.5, 0.6) is 0 Å². The Hall–Kier alpha value is -1.95. The van der Waals surface area contributed by atoms with Crippen LogP contribution in [-0.2, 0) is 6.54 Å². The fourth-order valence-corrected chi connectivity index (χ4v) is 3.05. The van der Waals surface area contributed by atoms with Crippen LogP contribution in [0.1, 0.15) is 39.7 Å². The summed E-state index contributed by atoms with van der Waals surface area (Å²) in [4.78, 5) is 22.2. The fourth-order valence-electron chi connectivity index (χ4n) is 2.10. The van der Waals surface area contributed by atoms with E-state index in [2.05, 4.69) is 9.97 Å². The minimum Gasteiger partial charge on any atom is -0.477 e. The highest BCUT2D eigenvalue weighted by Gasteiger charge is 2.32. The molecule has 1 aliphatic carbocycles. The highest BCUT2D eigenvalue weighted by atomic mass is 32.1. The first-order chi connectivity index (χ1) is 9.65. The highest BCUT2D eigenvalue weighted by molar-refractivity contribution is 7.17. The third-order valence-electron chi connectivity index (χ3n) is 3.30. The summed E-state index contributed by atoms with van der Waals surface area (Å²) >= 11 is 1.26. The van der Waals surface area contributed by atoms with Crippen LogP contribution in [0.25, 0.3) is 0 Å². The fraction of sp³-hybridized carbons (Fsp3) is 0.357. The molecule has 3 rings (SSSR count). The van der Waals surface area contributed by atoms with Crippen LogP contribution in [0.2, 0.25) is 0 Å². The van der Waals surface area contributed by atoms with E-state index in [9.17, 15) is 9.90 Å². The van der Waals surface area contributed by atoms with Crippen molar-refractivity contribution in [2.45, 2.75) is 25.3 Å². The van der Waals surface area contributed by atoms with Crippen molar-refractivity contribution in [3.63, 3.8) is 0 Å². The molecule has 2 heterocycles. The molecular formula is C14H15N3O2S. The second-order valence-corrected chi connectivity index (χ2v) is 5.98. The summed E-state index contributed by atoms with van der Waals surface area (Å²) in [5.74, 6) is -0.520. The van der Waals surface area contributed by atoms with Crippen LogP contribution in [0.3, 0.4) is 0 Å². The van der Waals surface area contributed by atoms with Crippen molar-refractivity contribution < 1.29 is 9.90 Å². The van der Waals surface area contributed by atoms with Gasteiger partial charge in [-0.25, -0.2) is 9.78 Å². The number of anilines is 1. The topological polar surface area (TPSA) is 66.3 Å². The maximum atomic E-state index is 11.3. The molecule has 0 aliphatic heterocycles. The van der Waals surface area contributed by atoms with Crippen LogP contribution < -0.4 is 4.90 Å². The second kappa shape index (κ2) is 5.20. The largest absolute Gasteiger partial charge is 0.477 e. The van der Waals surface area contributed by atoms with E-state index in [0.29, 0.717) is 17.3 Å². The Labute approximate surface area is 120 Å². The maximum Gasteiger partial charge on any atom is 0.347 e. The van der Waals surface area contributed by atoms with Crippen LogP contribution >= 0.6 is 11.3 Å². The molecule has 1 fully saturated rings. The van der Waals surface area contributed by atoms with Crippen molar-refractivity contribution in [2.24, 2.45) is 0 Å². The van der Waals surface area contributed by atoms with Gasteiger partial charge in [-0.3, -0.25) is 4.98 Å². The lowest BCUT2D eigenvalue weighted by molar-refractivity contribution is 0.0700. The summed E-state index contributed by atoms with van der Waals surface area (Å²) in [6.07, 6.45) is 5.61. The van der Waals surface area contributed by atoms with E-state index in [1.807, 2.05) is 24.1 Å². The van der Waals surface area contributed by atoms with Gasteiger partial charge in [0.25, 0.3) is 0 Å². The minimum atomic E-state index is -0.868. The zero-order chi connectivity index (χ0) is 14.1. The number of carbonyl (C=O) groups is 1. The molecule has 2 aromatic heterocycles. The van der Waals surface area contributed by atoms with Gasteiger partial charge in [0.05, 0.1) is 5.69 Å². The van der Waals surface area contributed by atoms with E-state index < -0.39 is 5.97 Å². The van der Waals surface area contributed by atoms with Crippen molar-refractivity contribution in [3.8, 4) is 0 Å². The normalized spacial score (nSPS) is 14.2. The molecule has 0 saturated heterocycles. The Morgan fingerprint density at radius 3 is 2.75 bits per heavy atom. The number of carboxylic acid groups (broad SMARTS) is 1. The monoisotopic (exact) mass is 289 g/mol. The molecule has 1 aliphatic rings. The van der Waals surface area contributed by atoms with Gasteiger partial charge in [0.1, 0.15) is 4.88 Å². The summed E-state index contributed by atoms with van der Waals surface area (Å²) in [6.45, 7) is 0.694. The lowest BCUT2D eigenvalue weighted by Crippen LogP contribution is -2.16. The molecule has 104 valence electrons. The minimum absolute atomic E-state index is 0.348. The van der Waals surface area contributed by atoms with E-state index in [1.165, 1.54) is 11.3 Å². The summed E-state index contributed by atoms with van der Waals surface area (Å²) in [5, 5.41) is 10.0. The first-order valence-corrected chi connectivity index (χ1v) is 7.31. The molecule has 0 aromatic carbocycles. The summed E-state index contributed by atoms with van der Waals surface area (Å²) in [6, 6.07) is 3.90. The van der Waals surface area contributed by atoms with Gasteiger partial charge in [-0.2, -0.15) is 0 Å². The number of aromatic carboxylic acids is 1. The van der Waals surface area contributed by atoms with E-state index in [4.69, 9.17) is 0 Å². The van der Waals surface area contributed by atoms with Gasteiger partial charge in [-0.05, 0) is 30.5 Å². The van der Waals surface area contributed by atoms with Gasteiger partial charge in [0.2, 0.25) is 0 Å². The molecule has 1 N–H and O–H groups in total. The highest BCUT2D eigenvalue weighted by Crippen LogP contribution is 2.44. The quantitative estimate of drug-likeness (QED) is 0.916. The lowest BCUT2D eigenvalue weighted by Gasteiger charge is -2.15. The van der Waals surface area contributed by atoms with Gasteiger partial charge in [0.15, 0.2) is 5.13 Å². The van der Waals surface area contributed by atoms with Crippen LogP contribution in [-0.4, -0.2) is 28.1 Å². The number of aromatic nitrogens is 2. The van der Waals surface area contributed by atoms with E-state index >= 15 is 0 Å². The van der Waals surface area contributed by atoms with E-state index in [-0.39, 0.29) is 0 Å². The molecule has 20 heavy (non-hydrogen) atoms. The van der Waals surface area contributed by atoms with Crippen molar-refractivity contribution in [1.82, 2.24) is 9.97 Å². The Morgan fingerprint density at radius 2 is 2.15 bits per heavy atom. The van der Waals surface area contributed by atoms with Crippen molar-refractivity contribution in [2.75, 3.05) is 11.9 Å². The maximum absolute atomic E-state index is 11.3. The van der Waals surface area contributed by atoms with Crippen LogP contribution in [0.15, 0.2) is 24.5 Å². The molecular weight excluding hydrogens is 274 g/mol. The van der Waals surface area contributed by atoms with E-state index in [0.717, 1.165) is 29.2 Å². The predicted molar refractivity (Wildman–Crippen MR) is 77.4 cm³/mol. The van der Waals surface area contributed by atoms with Crippen LogP contribution in [0, 0.1) is 0 Å². The van der Waals surface area contributed by atoms with Crippen molar-refractivity contribution in [1.29, 1.82) is 0 Å². The van der Waals surface area contributed by atoms with Crippen LogP contribution in [0.4, 0.5) is 5.13 Å². The Morgan fingerprint density at radius 1 is 1.45 bits per heavy atom. The molecule has 0 unspecified atom stereocenters. The Balaban J connectivity index is 1.82. The van der Waals surface area contributed by atoms with Crippen molar-refractivity contribution in [3.05, 3.63) is 40.7 Å². The second-order valence-electron chi connectivity index (χ2n) is 5.00. The number of hydrogen-bond acceptors (Lipinski definition) is 5. The average molecular weight is 289 g/mol. The molecule has 0 atom stereocenters. The molecule has 2 aromatic rings. The standard InChI is InChI=1S/C14H15N3O2S/c1-17(8-9-4-6-15-7-5-9)14-16-11(10-2-3-10)12(20-14)13(18)19/h4-7,10H,2-3,8H2,1H3,(H,18,19). The number of carboxylic acids is 1. The third kappa shape index (κ3) is 2.65. The molecule has 5 nitrogen and oxygen atoms in total. The summed E-state index contributed by atoms with van der Waals surface area (Å²) in [5.41, 5.74) is 1.89. The van der Waals surface area contributed by atoms with Gasteiger partial charge in [-0.1, -0.05) is 11.3 Å². The van der Waals surface area contributed by atoms with Gasteiger partial charge >= 0.3 is 5.97 Å². The van der Waals surface area contributed by atoms with Crippen molar-refractivity contribution >= 4 is 22.4 Å². The number of thiazole rings is 1. The smallest absolute Gasteiger partial charge is 0.347 e. The zero-order valence-corrected chi connectivity index (χ0v) is 11.9. The lowest BCUT2D eigenvalue weighted by atomic mass is 10.2. The number of pyridine rings is 1. The molecule has 0 amide bonds. The predicted octanol–water partition coefficient (Wildman–Crippen LogP) is 2.75. The molecule has 6 heteroatoms. The number of nitrogens with zero attached hydrogens (tertiary/aromatic N) is 3. The molecule has 0 radical (unpaired) electrons. The molecule has 0 spiro atoms. The Bertz CT molecular complexity index is 623. The van der Waals surface area contributed by atoms with Gasteiger partial charge in [0, 0.05) is 31.9 Å².